The van der Waals surface area contributed by atoms with Gasteiger partial charge in [-0.25, -0.2) is 4.68 Å². The Hall–Kier alpha value is -1.37. The standard InChI is InChI=1S/C15H19BrN4O.ClH/c1-3-8-15(2,17)14(21)19-11-9-18-20(10-11)13-7-5-4-6-12(13)16;/h4-7,9-10H,3,8,17H2,1-2H3,(H,19,21);1H. The van der Waals surface area contributed by atoms with Crippen LogP contribution in [0.25, 0.3) is 5.69 Å². The Morgan fingerprint density at radius 1 is 1.45 bits per heavy atom. The van der Waals surface area contributed by atoms with E-state index in [1.54, 1.807) is 24.0 Å². The molecule has 0 fully saturated rings. The van der Waals surface area contributed by atoms with Crippen LogP contribution in [-0.2, 0) is 4.79 Å². The average molecular weight is 388 g/mol. The van der Waals surface area contributed by atoms with Crippen LogP contribution in [0.15, 0.2) is 41.1 Å². The van der Waals surface area contributed by atoms with Gasteiger partial charge >= 0.3 is 0 Å². The molecule has 1 unspecified atom stereocenters. The second-order valence-electron chi connectivity index (χ2n) is 5.25. The Bertz CT molecular complexity index is 642. The Morgan fingerprint density at radius 3 is 2.77 bits per heavy atom. The summed E-state index contributed by atoms with van der Waals surface area (Å²) >= 11 is 3.48. The van der Waals surface area contributed by atoms with Crippen LogP contribution in [0.2, 0.25) is 0 Å². The number of benzene rings is 1. The van der Waals surface area contributed by atoms with Crippen molar-refractivity contribution >= 4 is 39.9 Å². The summed E-state index contributed by atoms with van der Waals surface area (Å²) in [5, 5.41) is 7.07. The van der Waals surface area contributed by atoms with E-state index < -0.39 is 5.54 Å². The zero-order valence-electron chi connectivity index (χ0n) is 12.5. The van der Waals surface area contributed by atoms with Gasteiger partial charge < -0.3 is 11.1 Å². The lowest BCUT2D eigenvalue weighted by Crippen LogP contribution is -2.48. The first-order chi connectivity index (χ1) is 9.94. The van der Waals surface area contributed by atoms with Crippen LogP contribution >= 0.6 is 28.3 Å². The second-order valence-corrected chi connectivity index (χ2v) is 6.10. The van der Waals surface area contributed by atoms with Gasteiger partial charge in [-0.3, -0.25) is 4.79 Å². The minimum atomic E-state index is -0.871. The predicted molar refractivity (Wildman–Crippen MR) is 94.6 cm³/mol. The molecule has 1 heterocycles. The molecule has 3 N–H and O–H groups in total. The van der Waals surface area contributed by atoms with Crippen molar-refractivity contribution in [2.45, 2.75) is 32.2 Å². The summed E-state index contributed by atoms with van der Waals surface area (Å²) in [6.45, 7) is 3.74. The van der Waals surface area contributed by atoms with Gasteiger partial charge in [-0.1, -0.05) is 25.5 Å². The van der Waals surface area contributed by atoms with E-state index in [-0.39, 0.29) is 18.3 Å². The normalized spacial score (nSPS) is 13.1. The maximum Gasteiger partial charge on any atom is 0.244 e. The summed E-state index contributed by atoms with van der Waals surface area (Å²) in [5.41, 5.74) is 6.68. The first-order valence-electron chi connectivity index (χ1n) is 6.84. The summed E-state index contributed by atoms with van der Waals surface area (Å²) in [4.78, 5) is 12.2. The van der Waals surface area contributed by atoms with E-state index >= 15 is 0 Å². The van der Waals surface area contributed by atoms with Crippen molar-refractivity contribution in [3.8, 4) is 5.69 Å². The van der Waals surface area contributed by atoms with Gasteiger partial charge in [-0.15, -0.1) is 12.4 Å². The van der Waals surface area contributed by atoms with Crippen LogP contribution in [0.5, 0.6) is 0 Å². The molecule has 0 saturated carbocycles. The van der Waals surface area contributed by atoms with Gasteiger partial charge in [0.05, 0.1) is 29.3 Å². The van der Waals surface area contributed by atoms with Crippen molar-refractivity contribution in [1.82, 2.24) is 9.78 Å². The Balaban J connectivity index is 0.00000242. The van der Waals surface area contributed by atoms with Crippen molar-refractivity contribution in [2.24, 2.45) is 5.73 Å². The number of hydrogen-bond acceptors (Lipinski definition) is 3. The summed E-state index contributed by atoms with van der Waals surface area (Å²) in [7, 11) is 0. The highest BCUT2D eigenvalue weighted by Crippen LogP contribution is 2.21. The van der Waals surface area contributed by atoms with E-state index in [0.29, 0.717) is 12.1 Å². The Labute approximate surface area is 144 Å². The van der Waals surface area contributed by atoms with Gasteiger partial charge in [0.1, 0.15) is 0 Å². The maximum absolute atomic E-state index is 12.2. The van der Waals surface area contributed by atoms with Gasteiger partial charge in [-0.05, 0) is 41.4 Å². The van der Waals surface area contributed by atoms with Gasteiger partial charge in [0.15, 0.2) is 0 Å². The van der Waals surface area contributed by atoms with Gasteiger partial charge in [-0.2, -0.15) is 5.10 Å². The number of rotatable bonds is 5. The van der Waals surface area contributed by atoms with E-state index in [0.717, 1.165) is 16.6 Å². The molecule has 7 heteroatoms. The molecule has 0 spiro atoms. The number of nitrogens with zero attached hydrogens (tertiary/aromatic N) is 2. The van der Waals surface area contributed by atoms with Crippen LogP contribution in [0, 0.1) is 0 Å². The monoisotopic (exact) mass is 386 g/mol. The number of nitrogens with one attached hydrogen (secondary N) is 1. The molecule has 0 saturated heterocycles. The molecule has 120 valence electrons. The third-order valence-electron chi connectivity index (χ3n) is 3.23. The van der Waals surface area contributed by atoms with E-state index in [9.17, 15) is 4.79 Å². The van der Waals surface area contributed by atoms with E-state index in [1.165, 1.54) is 0 Å². The number of anilines is 1. The van der Waals surface area contributed by atoms with Crippen molar-refractivity contribution in [1.29, 1.82) is 0 Å². The van der Waals surface area contributed by atoms with Crippen LogP contribution in [-0.4, -0.2) is 21.2 Å². The Kier molecular flexibility index (Phi) is 6.59. The van der Waals surface area contributed by atoms with Gasteiger partial charge in [0, 0.05) is 4.47 Å². The van der Waals surface area contributed by atoms with Crippen molar-refractivity contribution in [3.63, 3.8) is 0 Å². The number of nitrogens with two attached hydrogens (primary N) is 1. The molecule has 22 heavy (non-hydrogen) atoms. The van der Waals surface area contributed by atoms with Crippen molar-refractivity contribution in [2.75, 3.05) is 5.32 Å². The lowest BCUT2D eigenvalue weighted by molar-refractivity contribution is -0.120. The summed E-state index contributed by atoms with van der Waals surface area (Å²) in [6.07, 6.45) is 4.87. The molecular formula is C15H20BrClN4O. The average Bonchev–Trinajstić information content (AvgIpc) is 2.87. The van der Waals surface area contributed by atoms with E-state index in [1.807, 2.05) is 31.2 Å². The third-order valence-corrected chi connectivity index (χ3v) is 3.90. The number of para-hydroxylation sites is 1. The van der Waals surface area contributed by atoms with Crippen LogP contribution in [0.3, 0.4) is 0 Å². The molecule has 2 rings (SSSR count). The maximum atomic E-state index is 12.2. The van der Waals surface area contributed by atoms with Crippen molar-refractivity contribution in [3.05, 3.63) is 41.1 Å². The first-order valence-corrected chi connectivity index (χ1v) is 7.63. The van der Waals surface area contributed by atoms with Crippen molar-refractivity contribution < 1.29 is 4.79 Å². The predicted octanol–water partition coefficient (Wildman–Crippen LogP) is 3.51. The van der Waals surface area contributed by atoms with Crippen LogP contribution in [0.4, 0.5) is 5.69 Å². The van der Waals surface area contributed by atoms with E-state index in [2.05, 4.69) is 26.3 Å². The summed E-state index contributed by atoms with van der Waals surface area (Å²) < 4.78 is 2.63. The molecule has 0 aliphatic rings. The number of aromatic nitrogens is 2. The number of halogens is 2. The molecule has 1 aromatic carbocycles. The highest BCUT2D eigenvalue weighted by atomic mass is 79.9. The number of carbonyl (C=O) groups excluding carboxylic acids is 1. The minimum absolute atomic E-state index is 0. The van der Waals surface area contributed by atoms with Gasteiger partial charge in [0.2, 0.25) is 5.91 Å². The minimum Gasteiger partial charge on any atom is -0.322 e. The quantitative estimate of drug-likeness (QED) is 0.824. The SMILES string of the molecule is CCCC(C)(N)C(=O)Nc1cnn(-c2ccccc2Br)c1.Cl. The molecular weight excluding hydrogens is 368 g/mol. The van der Waals surface area contributed by atoms with Crippen LogP contribution < -0.4 is 11.1 Å². The fourth-order valence-electron chi connectivity index (χ4n) is 2.06. The second kappa shape index (κ2) is 7.76. The fraction of sp³-hybridized carbons (Fsp3) is 0.333. The molecule has 2 aromatic rings. The zero-order chi connectivity index (χ0) is 15.5. The molecule has 0 aliphatic carbocycles. The Morgan fingerprint density at radius 2 is 2.14 bits per heavy atom. The topological polar surface area (TPSA) is 72.9 Å². The lowest BCUT2D eigenvalue weighted by atomic mass is 9.96. The molecule has 1 aromatic heterocycles. The molecule has 0 aliphatic heterocycles. The lowest BCUT2D eigenvalue weighted by Gasteiger charge is -2.22. The zero-order valence-corrected chi connectivity index (χ0v) is 14.9. The molecule has 1 atom stereocenters. The summed E-state index contributed by atoms with van der Waals surface area (Å²) in [6, 6.07) is 7.74. The molecule has 0 bridgehead atoms. The number of hydrogen-bond donors (Lipinski definition) is 2. The van der Waals surface area contributed by atoms with E-state index in [4.69, 9.17) is 5.73 Å². The fourth-order valence-corrected chi connectivity index (χ4v) is 2.53. The molecule has 0 radical (unpaired) electrons. The molecule has 5 nitrogen and oxygen atoms in total. The van der Waals surface area contributed by atoms with Crippen LogP contribution in [0.1, 0.15) is 26.7 Å². The number of amides is 1. The highest BCUT2D eigenvalue weighted by Gasteiger charge is 2.27. The smallest absolute Gasteiger partial charge is 0.244 e. The highest BCUT2D eigenvalue weighted by molar-refractivity contribution is 9.10. The summed E-state index contributed by atoms with van der Waals surface area (Å²) in [5.74, 6) is -0.198. The number of carbonyl (C=O) groups is 1. The molecule has 1 amide bonds. The third kappa shape index (κ3) is 4.32. The largest absolute Gasteiger partial charge is 0.322 e. The first kappa shape index (κ1) is 18.7. The van der Waals surface area contributed by atoms with Gasteiger partial charge in [0.25, 0.3) is 0 Å².